The first-order valence-corrected chi connectivity index (χ1v) is 7.44. The fourth-order valence-electron chi connectivity index (χ4n) is 1.66. The molecule has 0 spiro atoms. The highest BCUT2D eigenvalue weighted by molar-refractivity contribution is 8.13. The van der Waals surface area contributed by atoms with Gasteiger partial charge in [0, 0.05) is 10.7 Å². The van der Waals surface area contributed by atoms with E-state index in [9.17, 15) is 13.2 Å². The van der Waals surface area contributed by atoms with Crippen molar-refractivity contribution in [1.29, 1.82) is 0 Å². The minimum atomic E-state index is -4.23. The molecule has 1 aromatic heterocycles. The van der Waals surface area contributed by atoms with E-state index >= 15 is 0 Å². The van der Waals surface area contributed by atoms with Gasteiger partial charge in [-0.15, -0.1) is 0 Å². The Kier molecular flexibility index (Phi) is 3.34. The Morgan fingerprint density at radius 1 is 1.42 bits per heavy atom. The van der Waals surface area contributed by atoms with Crippen LogP contribution in [0, 0.1) is 6.92 Å². The second kappa shape index (κ2) is 4.67. The Labute approximate surface area is 113 Å². The number of carboxylic acid groups (broad SMARTS) is 1. The molecule has 0 aliphatic carbocycles. The summed E-state index contributed by atoms with van der Waals surface area (Å²) in [5.74, 6) is -1.40. The largest absolute Gasteiger partial charge is 0.478 e. The molecule has 0 amide bonds. The van der Waals surface area contributed by atoms with Crippen molar-refractivity contribution in [1.82, 2.24) is 9.78 Å². The van der Waals surface area contributed by atoms with Gasteiger partial charge in [0.1, 0.15) is 5.56 Å². The van der Waals surface area contributed by atoms with Crippen molar-refractivity contribution in [2.75, 3.05) is 0 Å². The van der Waals surface area contributed by atoms with Crippen molar-refractivity contribution in [2.45, 2.75) is 11.9 Å². The van der Waals surface area contributed by atoms with Crippen LogP contribution < -0.4 is 0 Å². The molecule has 0 unspecified atom stereocenters. The molecule has 0 bridgehead atoms. The maximum atomic E-state index is 11.5. The number of aromatic nitrogens is 2. The first kappa shape index (κ1) is 13.6. The predicted molar refractivity (Wildman–Crippen MR) is 68.3 cm³/mol. The number of aromatic carboxylic acids is 1. The molecule has 100 valence electrons. The zero-order chi connectivity index (χ0) is 14.2. The Morgan fingerprint density at radius 3 is 2.63 bits per heavy atom. The molecule has 0 atom stereocenters. The van der Waals surface area contributed by atoms with Gasteiger partial charge in [0.05, 0.1) is 11.9 Å². The van der Waals surface area contributed by atoms with Crippen molar-refractivity contribution in [2.24, 2.45) is 0 Å². The molecule has 1 aromatic carbocycles. The van der Waals surface area contributed by atoms with Crippen LogP contribution >= 0.6 is 10.7 Å². The van der Waals surface area contributed by atoms with E-state index in [-0.39, 0.29) is 0 Å². The van der Waals surface area contributed by atoms with E-state index in [1.165, 1.54) is 0 Å². The highest BCUT2D eigenvalue weighted by Crippen LogP contribution is 2.23. The third-order valence-electron chi connectivity index (χ3n) is 2.43. The summed E-state index contributed by atoms with van der Waals surface area (Å²) >= 11 is 0. The summed E-state index contributed by atoms with van der Waals surface area (Å²) < 4.78 is 24.1. The van der Waals surface area contributed by atoms with E-state index in [2.05, 4.69) is 5.10 Å². The number of nitrogens with zero attached hydrogens (tertiary/aromatic N) is 2. The van der Waals surface area contributed by atoms with E-state index in [0.717, 1.165) is 16.4 Å². The van der Waals surface area contributed by atoms with Crippen LogP contribution in [-0.2, 0) is 9.05 Å². The number of carboxylic acids is 1. The molecule has 0 aliphatic heterocycles. The van der Waals surface area contributed by atoms with Gasteiger partial charge in [0.25, 0.3) is 9.05 Å². The number of halogens is 1. The SMILES string of the molecule is Cc1cccc(-n2ncc(C(=O)O)c2S(=O)(=O)Cl)c1. The van der Waals surface area contributed by atoms with Gasteiger partial charge in [0.2, 0.25) is 0 Å². The van der Waals surface area contributed by atoms with Crippen LogP contribution in [0.25, 0.3) is 5.69 Å². The van der Waals surface area contributed by atoms with Crippen molar-refractivity contribution in [3.8, 4) is 5.69 Å². The van der Waals surface area contributed by atoms with E-state index < -0.39 is 25.6 Å². The number of aryl methyl sites for hydroxylation is 1. The summed E-state index contributed by atoms with van der Waals surface area (Å²) in [5, 5.41) is 12.2. The predicted octanol–water partition coefficient (Wildman–Crippen LogP) is 1.81. The normalized spacial score (nSPS) is 11.5. The quantitative estimate of drug-likeness (QED) is 0.873. The molecule has 0 aliphatic rings. The lowest BCUT2D eigenvalue weighted by Gasteiger charge is -2.06. The van der Waals surface area contributed by atoms with E-state index in [4.69, 9.17) is 15.8 Å². The highest BCUT2D eigenvalue weighted by atomic mass is 35.7. The highest BCUT2D eigenvalue weighted by Gasteiger charge is 2.27. The van der Waals surface area contributed by atoms with Gasteiger partial charge in [0.15, 0.2) is 5.03 Å². The third kappa shape index (κ3) is 2.61. The Hall–Kier alpha value is -1.86. The number of benzene rings is 1. The average Bonchev–Trinajstić information content (AvgIpc) is 2.73. The minimum absolute atomic E-state index is 0.423. The van der Waals surface area contributed by atoms with Crippen LogP contribution in [0.5, 0.6) is 0 Å². The molecular formula is C11H9ClN2O4S. The second-order valence-electron chi connectivity index (χ2n) is 3.86. The molecule has 0 saturated heterocycles. The monoisotopic (exact) mass is 300 g/mol. The molecule has 0 fully saturated rings. The van der Waals surface area contributed by atoms with Crippen molar-refractivity contribution < 1.29 is 18.3 Å². The Balaban J connectivity index is 2.76. The zero-order valence-corrected chi connectivity index (χ0v) is 11.3. The molecule has 2 aromatic rings. The van der Waals surface area contributed by atoms with Gasteiger partial charge < -0.3 is 5.11 Å². The molecule has 19 heavy (non-hydrogen) atoms. The summed E-state index contributed by atoms with van der Waals surface area (Å²) in [7, 11) is 1.06. The second-order valence-corrected chi connectivity index (χ2v) is 6.34. The van der Waals surface area contributed by atoms with Gasteiger partial charge in [-0.2, -0.15) is 5.10 Å². The molecule has 1 N–H and O–H groups in total. The van der Waals surface area contributed by atoms with Crippen LogP contribution in [-0.4, -0.2) is 29.3 Å². The number of hydrogen-bond acceptors (Lipinski definition) is 4. The van der Waals surface area contributed by atoms with Gasteiger partial charge >= 0.3 is 5.97 Å². The summed E-state index contributed by atoms with van der Waals surface area (Å²) in [6.45, 7) is 1.82. The fraction of sp³-hybridized carbons (Fsp3) is 0.0909. The third-order valence-corrected chi connectivity index (χ3v) is 3.73. The van der Waals surface area contributed by atoms with Gasteiger partial charge in [-0.3, -0.25) is 0 Å². The molecule has 2 rings (SSSR count). The van der Waals surface area contributed by atoms with Gasteiger partial charge in [-0.1, -0.05) is 12.1 Å². The van der Waals surface area contributed by atoms with Crippen LogP contribution in [0.4, 0.5) is 0 Å². The number of hydrogen-bond donors (Lipinski definition) is 1. The van der Waals surface area contributed by atoms with Crippen LogP contribution in [0.2, 0.25) is 0 Å². The zero-order valence-electron chi connectivity index (χ0n) is 9.74. The Bertz CT molecular complexity index is 752. The lowest BCUT2D eigenvalue weighted by molar-refractivity contribution is 0.0692. The molecule has 6 nitrogen and oxygen atoms in total. The fourth-order valence-corrected chi connectivity index (χ4v) is 2.87. The van der Waals surface area contributed by atoms with Gasteiger partial charge in [-0.25, -0.2) is 17.9 Å². The summed E-state index contributed by atoms with van der Waals surface area (Å²) in [5.41, 5.74) is 0.839. The molecule has 8 heteroatoms. The lowest BCUT2D eigenvalue weighted by atomic mass is 10.2. The van der Waals surface area contributed by atoms with Gasteiger partial charge in [-0.05, 0) is 24.6 Å². The van der Waals surface area contributed by atoms with E-state index in [1.807, 2.05) is 13.0 Å². The summed E-state index contributed by atoms with van der Waals surface area (Å²) in [6, 6.07) is 6.80. The van der Waals surface area contributed by atoms with Crippen LogP contribution in [0.1, 0.15) is 15.9 Å². The smallest absolute Gasteiger partial charge is 0.340 e. The number of carbonyl (C=O) groups is 1. The van der Waals surface area contributed by atoms with Crippen LogP contribution in [0.3, 0.4) is 0 Å². The average molecular weight is 301 g/mol. The summed E-state index contributed by atoms with van der Waals surface area (Å²) in [4.78, 5) is 11.0. The maximum Gasteiger partial charge on any atom is 0.340 e. The topological polar surface area (TPSA) is 89.3 Å². The first-order valence-electron chi connectivity index (χ1n) is 5.13. The standard InChI is InChI=1S/C11H9ClN2O4S/c1-7-3-2-4-8(5-7)14-10(19(12,17)18)9(6-13-14)11(15)16/h2-6H,1H3,(H,15,16). The number of rotatable bonds is 3. The van der Waals surface area contributed by atoms with Crippen molar-refractivity contribution in [3.05, 3.63) is 41.6 Å². The van der Waals surface area contributed by atoms with E-state index in [0.29, 0.717) is 5.69 Å². The maximum absolute atomic E-state index is 11.5. The van der Waals surface area contributed by atoms with Crippen molar-refractivity contribution >= 4 is 25.7 Å². The summed E-state index contributed by atoms with van der Waals surface area (Å²) in [6.07, 6.45) is 0.958. The molecule has 0 radical (unpaired) electrons. The molecular weight excluding hydrogens is 292 g/mol. The Morgan fingerprint density at radius 2 is 2.11 bits per heavy atom. The van der Waals surface area contributed by atoms with E-state index in [1.54, 1.807) is 18.2 Å². The molecule has 0 saturated carbocycles. The molecule has 1 heterocycles. The minimum Gasteiger partial charge on any atom is -0.478 e. The first-order chi connectivity index (χ1) is 8.80. The lowest BCUT2D eigenvalue weighted by Crippen LogP contribution is -2.09. The van der Waals surface area contributed by atoms with Crippen molar-refractivity contribution in [3.63, 3.8) is 0 Å². The van der Waals surface area contributed by atoms with Crippen LogP contribution in [0.15, 0.2) is 35.5 Å².